The summed E-state index contributed by atoms with van der Waals surface area (Å²) in [5, 5.41) is 23.6. The number of aliphatic carboxylic acids is 1. The van der Waals surface area contributed by atoms with Gasteiger partial charge in [0.05, 0.1) is 29.0 Å². The standard InChI is InChI=1S/C27H25N3O7/c1-4-15-16-8-14(9-21(25(33)34)28-13(3)31)6-7-20(16)29-23-17(15)11-30-22(23)10-19-18(24(30)32)12-37-26(35)27(19,36)5-2/h6-10,36H,4-5,11-12H2,1-3H3,(H,28,31)(H,33,34)/t27-/m0/s1. The van der Waals surface area contributed by atoms with E-state index in [1.165, 1.54) is 13.0 Å². The smallest absolute Gasteiger partial charge is 0.352 e. The van der Waals surface area contributed by atoms with Gasteiger partial charge in [-0.15, -0.1) is 0 Å². The van der Waals surface area contributed by atoms with E-state index in [4.69, 9.17) is 9.72 Å². The molecule has 2 aliphatic heterocycles. The third kappa shape index (κ3) is 3.72. The lowest BCUT2D eigenvalue weighted by Crippen LogP contribution is -2.44. The molecule has 0 bridgehead atoms. The first-order valence-electron chi connectivity index (χ1n) is 11.9. The number of hydrogen-bond acceptors (Lipinski definition) is 7. The summed E-state index contributed by atoms with van der Waals surface area (Å²) >= 11 is 0. The number of nitrogens with zero attached hydrogens (tertiary/aromatic N) is 2. The normalized spacial score (nSPS) is 18.2. The van der Waals surface area contributed by atoms with Gasteiger partial charge in [0.15, 0.2) is 5.60 Å². The summed E-state index contributed by atoms with van der Waals surface area (Å²) in [5.74, 6) is -2.52. The molecule has 0 spiro atoms. The van der Waals surface area contributed by atoms with E-state index >= 15 is 0 Å². The van der Waals surface area contributed by atoms with Gasteiger partial charge in [-0.3, -0.25) is 9.59 Å². The number of hydrogen-bond donors (Lipinski definition) is 3. The fourth-order valence-electron chi connectivity index (χ4n) is 5.18. The van der Waals surface area contributed by atoms with Crippen LogP contribution in [0.25, 0.3) is 28.4 Å². The molecular weight excluding hydrogens is 478 g/mol. The quantitative estimate of drug-likeness (QED) is 0.277. The van der Waals surface area contributed by atoms with E-state index in [1.54, 1.807) is 29.7 Å². The number of esters is 1. The summed E-state index contributed by atoms with van der Waals surface area (Å²) in [6.45, 7) is 4.95. The van der Waals surface area contributed by atoms with Crippen LogP contribution in [0.5, 0.6) is 0 Å². The van der Waals surface area contributed by atoms with E-state index in [2.05, 4.69) is 5.32 Å². The number of carboxylic acid groups (broad SMARTS) is 1. The molecule has 0 radical (unpaired) electrons. The Morgan fingerprint density at radius 2 is 1.97 bits per heavy atom. The monoisotopic (exact) mass is 503 g/mol. The molecule has 2 aliphatic rings. The van der Waals surface area contributed by atoms with Gasteiger partial charge in [-0.25, -0.2) is 14.6 Å². The Balaban J connectivity index is 1.70. The minimum absolute atomic E-state index is 0.0626. The number of rotatable bonds is 5. The minimum Gasteiger partial charge on any atom is -0.477 e. The molecule has 190 valence electrons. The highest BCUT2D eigenvalue weighted by Gasteiger charge is 2.45. The zero-order chi connectivity index (χ0) is 26.6. The number of aliphatic hydroxyl groups is 1. The molecule has 0 unspecified atom stereocenters. The van der Waals surface area contributed by atoms with Gasteiger partial charge < -0.3 is 24.8 Å². The molecule has 1 aromatic carbocycles. The van der Waals surface area contributed by atoms with E-state index in [1.807, 2.05) is 13.0 Å². The van der Waals surface area contributed by atoms with E-state index in [-0.39, 0.29) is 42.0 Å². The number of fused-ring (bicyclic) bond motifs is 5. The van der Waals surface area contributed by atoms with E-state index in [0.717, 1.165) is 16.5 Å². The van der Waals surface area contributed by atoms with Gasteiger partial charge in [-0.2, -0.15) is 0 Å². The van der Waals surface area contributed by atoms with Crippen LogP contribution in [0.15, 0.2) is 34.8 Å². The Hall–Kier alpha value is -4.31. The van der Waals surface area contributed by atoms with Crippen LogP contribution in [0.3, 0.4) is 0 Å². The minimum atomic E-state index is -1.90. The third-order valence-electron chi connectivity index (χ3n) is 7.04. The second-order valence-corrected chi connectivity index (χ2v) is 9.20. The lowest BCUT2D eigenvalue weighted by Gasteiger charge is -2.31. The van der Waals surface area contributed by atoms with Gasteiger partial charge in [0.1, 0.15) is 12.3 Å². The first-order valence-corrected chi connectivity index (χ1v) is 11.9. The van der Waals surface area contributed by atoms with Crippen molar-refractivity contribution in [1.29, 1.82) is 0 Å². The van der Waals surface area contributed by atoms with Gasteiger partial charge in [0.2, 0.25) is 5.91 Å². The summed E-state index contributed by atoms with van der Waals surface area (Å²) in [6, 6.07) is 6.94. The molecule has 0 saturated carbocycles. The van der Waals surface area contributed by atoms with Crippen LogP contribution >= 0.6 is 0 Å². The van der Waals surface area contributed by atoms with Gasteiger partial charge in [0.25, 0.3) is 5.56 Å². The summed E-state index contributed by atoms with van der Waals surface area (Å²) in [7, 11) is 0. The number of amides is 1. The zero-order valence-corrected chi connectivity index (χ0v) is 20.5. The van der Waals surface area contributed by atoms with E-state index in [9.17, 15) is 29.4 Å². The molecule has 5 rings (SSSR count). The summed E-state index contributed by atoms with van der Waals surface area (Å²) in [4.78, 5) is 53.6. The molecule has 37 heavy (non-hydrogen) atoms. The number of aryl methyl sites for hydroxylation is 1. The molecule has 1 atom stereocenters. The predicted octanol–water partition coefficient (Wildman–Crippen LogP) is 2.20. The maximum atomic E-state index is 13.4. The van der Waals surface area contributed by atoms with Gasteiger partial charge >= 0.3 is 11.9 Å². The molecule has 3 aromatic rings. The number of carbonyl (C=O) groups excluding carboxylic acids is 2. The first-order chi connectivity index (χ1) is 17.6. The number of carboxylic acids is 1. The number of ether oxygens (including phenoxy) is 1. The second kappa shape index (κ2) is 8.67. The Morgan fingerprint density at radius 3 is 2.62 bits per heavy atom. The molecule has 2 aromatic heterocycles. The van der Waals surface area contributed by atoms with Crippen LogP contribution in [0.1, 0.15) is 55.0 Å². The maximum Gasteiger partial charge on any atom is 0.352 e. The van der Waals surface area contributed by atoms with E-state index in [0.29, 0.717) is 28.9 Å². The average Bonchev–Trinajstić information content (AvgIpc) is 3.23. The lowest BCUT2D eigenvalue weighted by atomic mass is 9.86. The summed E-state index contributed by atoms with van der Waals surface area (Å²) in [6.07, 6.45) is 2.06. The van der Waals surface area contributed by atoms with Crippen molar-refractivity contribution in [3.63, 3.8) is 0 Å². The Labute approximate surface area is 211 Å². The number of benzene rings is 1. The number of carbonyl (C=O) groups is 3. The summed E-state index contributed by atoms with van der Waals surface area (Å²) < 4.78 is 6.72. The van der Waals surface area contributed by atoms with Crippen molar-refractivity contribution in [2.75, 3.05) is 0 Å². The highest BCUT2D eigenvalue weighted by molar-refractivity contribution is 5.97. The lowest BCUT2D eigenvalue weighted by molar-refractivity contribution is -0.172. The molecular formula is C27H25N3O7. The Bertz CT molecular complexity index is 1620. The van der Waals surface area contributed by atoms with Crippen molar-refractivity contribution >= 4 is 34.8 Å². The van der Waals surface area contributed by atoms with Crippen molar-refractivity contribution < 1.29 is 29.3 Å². The van der Waals surface area contributed by atoms with Crippen molar-refractivity contribution in [1.82, 2.24) is 14.9 Å². The van der Waals surface area contributed by atoms with Gasteiger partial charge in [-0.1, -0.05) is 19.9 Å². The largest absolute Gasteiger partial charge is 0.477 e. The molecule has 3 N–H and O–H groups in total. The van der Waals surface area contributed by atoms with Crippen LogP contribution in [0.2, 0.25) is 0 Å². The molecule has 10 nitrogen and oxygen atoms in total. The molecule has 0 aliphatic carbocycles. The van der Waals surface area contributed by atoms with Crippen LogP contribution in [0, 0.1) is 0 Å². The predicted molar refractivity (Wildman–Crippen MR) is 133 cm³/mol. The second-order valence-electron chi connectivity index (χ2n) is 9.20. The summed E-state index contributed by atoms with van der Waals surface area (Å²) in [5.41, 5.74) is 2.19. The highest BCUT2D eigenvalue weighted by atomic mass is 16.6. The maximum absolute atomic E-state index is 13.4. The highest BCUT2D eigenvalue weighted by Crippen LogP contribution is 2.40. The van der Waals surface area contributed by atoms with Crippen LogP contribution in [-0.2, 0) is 44.3 Å². The van der Waals surface area contributed by atoms with Crippen LogP contribution in [-0.4, -0.2) is 37.6 Å². The number of aromatic nitrogens is 2. The number of cyclic esters (lactones) is 1. The topological polar surface area (TPSA) is 148 Å². The van der Waals surface area contributed by atoms with Crippen molar-refractivity contribution in [3.05, 3.63) is 68.1 Å². The molecule has 1 amide bonds. The van der Waals surface area contributed by atoms with Crippen molar-refractivity contribution in [3.8, 4) is 11.4 Å². The number of nitrogens with one attached hydrogen (secondary N) is 1. The molecule has 0 fully saturated rings. The van der Waals surface area contributed by atoms with Crippen LogP contribution in [0.4, 0.5) is 0 Å². The van der Waals surface area contributed by atoms with Crippen molar-refractivity contribution in [2.45, 2.75) is 52.4 Å². The molecule has 10 heteroatoms. The fourth-order valence-corrected chi connectivity index (χ4v) is 5.18. The molecule has 0 saturated heterocycles. The third-order valence-corrected chi connectivity index (χ3v) is 7.04. The Morgan fingerprint density at radius 1 is 1.22 bits per heavy atom. The first kappa shape index (κ1) is 24.4. The van der Waals surface area contributed by atoms with E-state index < -0.39 is 23.4 Å². The zero-order valence-electron chi connectivity index (χ0n) is 20.5. The van der Waals surface area contributed by atoms with Crippen molar-refractivity contribution in [2.24, 2.45) is 0 Å². The molecule has 4 heterocycles. The van der Waals surface area contributed by atoms with Gasteiger partial charge in [0, 0.05) is 23.4 Å². The van der Waals surface area contributed by atoms with Gasteiger partial charge in [-0.05, 0) is 48.2 Å². The average molecular weight is 504 g/mol. The Kier molecular flexibility index (Phi) is 5.71. The fraction of sp³-hybridized carbons (Fsp3) is 0.296. The SMILES string of the molecule is CCc1c2c(nc3ccc(C=C(NC(C)=O)C(=O)O)cc13)-c1cc3c(c(=O)n1C2)COC(=O)[C@]3(O)CC. The van der Waals surface area contributed by atoms with Crippen LogP contribution < -0.4 is 10.9 Å². The number of pyridine rings is 2.